The number of esters is 1. The van der Waals surface area contributed by atoms with E-state index < -0.39 is 5.54 Å². The number of carbonyl (C=O) groups is 1. The molecule has 104 valence electrons. The highest BCUT2D eigenvalue weighted by Crippen LogP contribution is 2.37. The number of fused-ring (bicyclic) bond motifs is 1. The second kappa shape index (κ2) is 4.97. The van der Waals surface area contributed by atoms with Gasteiger partial charge in [0.15, 0.2) is 11.5 Å². The molecular formula is C13H17NO5. The summed E-state index contributed by atoms with van der Waals surface area (Å²) < 4.78 is 15.1. The average molecular weight is 267 g/mol. The van der Waals surface area contributed by atoms with Crippen LogP contribution in [0.2, 0.25) is 0 Å². The Bertz CT molecular complexity index is 498. The van der Waals surface area contributed by atoms with Crippen LogP contribution in [0.5, 0.6) is 17.2 Å². The highest BCUT2D eigenvalue weighted by molar-refractivity contribution is 5.79. The molecule has 0 atom stereocenters. The molecule has 0 saturated carbocycles. The number of nitrogens with one attached hydrogen (secondary N) is 1. The van der Waals surface area contributed by atoms with Gasteiger partial charge in [0.05, 0.1) is 7.11 Å². The summed E-state index contributed by atoms with van der Waals surface area (Å²) in [6.45, 7) is 3.88. The van der Waals surface area contributed by atoms with E-state index >= 15 is 0 Å². The summed E-state index contributed by atoms with van der Waals surface area (Å²) in [7, 11) is 1.34. The van der Waals surface area contributed by atoms with Crippen LogP contribution >= 0.6 is 0 Å². The van der Waals surface area contributed by atoms with E-state index in [9.17, 15) is 9.90 Å². The monoisotopic (exact) mass is 267 g/mol. The second-order valence-electron chi connectivity index (χ2n) is 4.80. The zero-order valence-electron chi connectivity index (χ0n) is 11.1. The molecule has 1 aliphatic rings. The van der Waals surface area contributed by atoms with Crippen LogP contribution in [0.25, 0.3) is 0 Å². The molecule has 0 fully saturated rings. The van der Waals surface area contributed by atoms with Crippen LogP contribution in [0.15, 0.2) is 12.1 Å². The fourth-order valence-corrected chi connectivity index (χ4v) is 1.76. The third-order valence-electron chi connectivity index (χ3n) is 2.99. The SMILES string of the molecule is COC(=O)C(C)(C)NCc1cc2c(cc1O)OCO2. The van der Waals surface area contributed by atoms with Crippen molar-refractivity contribution in [1.82, 2.24) is 5.32 Å². The van der Waals surface area contributed by atoms with Gasteiger partial charge in [-0.1, -0.05) is 0 Å². The van der Waals surface area contributed by atoms with Crippen molar-refractivity contribution in [3.8, 4) is 17.2 Å². The van der Waals surface area contributed by atoms with Crippen LogP contribution in [-0.4, -0.2) is 30.5 Å². The van der Waals surface area contributed by atoms with Crippen molar-refractivity contribution in [3.63, 3.8) is 0 Å². The number of aromatic hydroxyl groups is 1. The summed E-state index contributed by atoms with van der Waals surface area (Å²) in [5.41, 5.74) is -0.210. The summed E-state index contributed by atoms with van der Waals surface area (Å²) in [6, 6.07) is 3.20. The first-order valence-corrected chi connectivity index (χ1v) is 5.89. The molecule has 6 heteroatoms. The summed E-state index contributed by atoms with van der Waals surface area (Å²) in [4.78, 5) is 11.5. The van der Waals surface area contributed by atoms with E-state index in [4.69, 9.17) is 14.2 Å². The van der Waals surface area contributed by atoms with Gasteiger partial charge in [-0.3, -0.25) is 10.1 Å². The van der Waals surface area contributed by atoms with Crippen LogP contribution in [-0.2, 0) is 16.1 Å². The van der Waals surface area contributed by atoms with Gasteiger partial charge in [-0.05, 0) is 19.9 Å². The van der Waals surface area contributed by atoms with Gasteiger partial charge in [-0.15, -0.1) is 0 Å². The maximum absolute atomic E-state index is 11.5. The van der Waals surface area contributed by atoms with Gasteiger partial charge in [0.25, 0.3) is 0 Å². The van der Waals surface area contributed by atoms with E-state index in [1.807, 2.05) is 0 Å². The van der Waals surface area contributed by atoms with Crippen LogP contribution < -0.4 is 14.8 Å². The van der Waals surface area contributed by atoms with Gasteiger partial charge in [-0.2, -0.15) is 0 Å². The van der Waals surface area contributed by atoms with E-state index in [0.29, 0.717) is 23.6 Å². The predicted molar refractivity (Wildman–Crippen MR) is 67.2 cm³/mol. The van der Waals surface area contributed by atoms with Crippen LogP contribution in [0.1, 0.15) is 19.4 Å². The largest absolute Gasteiger partial charge is 0.507 e. The van der Waals surface area contributed by atoms with E-state index in [1.54, 1.807) is 19.9 Å². The van der Waals surface area contributed by atoms with E-state index in [0.717, 1.165) is 0 Å². The number of hydrogen-bond donors (Lipinski definition) is 2. The van der Waals surface area contributed by atoms with Crippen LogP contribution in [0.4, 0.5) is 0 Å². The molecule has 1 aromatic carbocycles. The molecule has 0 bridgehead atoms. The standard InChI is InChI=1S/C13H17NO5/c1-13(2,12(16)17-3)14-6-8-4-10-11(5-9(8)15)19-7-18-10/h4-5,14-15H,6-7H2,1-3H3. The van der Waals surface area contributed by atoms with Crippen molar-refractivity contribution >= 4 is 5.97 Å². The number of phenolic OH excluding ortho intramolecular Hbond substituents is 1. The molecular weight excluding hydrogens is 250 g/mol. The second-order valence-corrected chi connectivity index (χ2v) is 4.80. The smallest absolute Gasteiger partial charge is 0.325 e. The Labute approximate surface area is 111 Å². The number of benzene rings is 1. The molecule has 0 aliphatic carbocycles. The maximum atomic E-state index is 11.5. The minimum atomic E-state index is -0.836. The number of rotatable bonds is 4. The lowest BCUT2D eigenvalue weighted by molar-refractivity contribution is -0.147. The Morgan fingerprint density at radius 2 is 2.05 bits per heavy atom. The Balaban J connectivity index is 2.10. The molecule has 1 aromatic rings. The number of methoxy groups -OCH3 is 1. The Kier molecular flexibility index (Phi) is 3.53. The third-order valence-corrected chi connectivity index (χ3v) is 2.99. The molecule has 0 saturated heterocycles. The van der Waals surface area contributed by atoms with E-state index in [2.05, 4.69) is 5.32 Å². The van der Waals surface area contributed by atoms with Gasteiger partial charge in [0.2, 0.25) is 6.79 Å². The highest BCUT2D eigenvalue weighted by Gasteiger charge is 2.28. The van der Waals surface area contributed by atoms with E-state index in [1.165, 1.54) is 13.2 Å². The van der Waals surface area contributed by atoms with Crippen molar-refractivity contribution in [1.29, 1.82) is 0 Å². The predicted octanol–water partition coefficient (Wildman–Crippen LogP) is 1.16. The first-order valence-electron chi connectivity index (χ1n) is 5.89. The minimum Gasteiger partial charge on any atom is -0.507 e. The molecule has 0 aromatic heterocycles. The van der Waals surface area contributed by atoms with Gasteiger partial charge in [0.1, 0.15) is 11.3 Å². The summed E-state index contributed by atoms with van der Waals surface area (Å²) in [5, 5.41) is 12.9. The molecule has 1 aliphatic heterocycles. The maximum Gasteiger partial charge on any atom is 0.325 e. The topological polar surface area (TPSA) is 77.0 Å². The lowest BCUT2D eigenvalue weighted by Gasteiger charge is -2.23. The lowest BCUT2D eigenvalue weighted by Crippen LogP contribution is -2.46. The fourth-order valence-electron chi connectivity index (χ4n) is 1.76. The molecule has 0 spiro atoms. The number of phenols is 1. The Hall–Kier alpha value is -1.95. The Morgan fingerprint density at radius 3 is 2.68 bits per heavy atom. The molecule has 0 amide bonds. The zero-order valence-corrected chi connectivity index (χ0v) is 11.1. The van der Waals surface area contributed by atoms with Gasteiger partial charge in [-0.25, -0.2) is 0 Å². The lowest BCUT2D eigenvalue weighted by atomic mass is 10.0. The van der Waals surface area contributed by atoms with Crippen LogP contribution in [0.3, 0.4) is 0 Å². The van der Waals surface area contributed by atoms with Crippen molar-refractivity contribution in [2.24, 2.45) is 0 Å². The molecule has 0 radical (unpaired) electrons. The summed E-state index contributed by atoms with van der Waals surface area (Å²) in [5.74, 6) is 0.837. The molecule has 19 heavy (non-hydrogen) atoms. The molecule has 6 nitrogen and oxygen atoms in total. The first-order chi connectivity index (χ1) is 8.94. The van der Waals surface area contributed by atoms with Crippen molar-refractivity contribution < 1.29 is 24.1 Å². The van der Waals surface area contributed by atoms with Gasteiger partial charge < -0.3 is 19.3 Å². The number of hydrogen-bond acceptors (Lipinski definition) is 6. The molecule has 2 N–H and O–H groups in total. The first kappa shape index (κ1) is 13.5. The zero-order chi connectivity index (χ0) is 14.0. The normalized spacial score (nSPS) is 13.4. The van der Waals surface area contributed by atoms with Crippen molar-refractivity contribution in [2.75, 3.05) is 13.9 Å². The fraction of sp³-hybridized carbons (Fsp3) is 0.462. The Morgan fingerprint density at radius 1 is 1.42 bits per heavy atom. The average Bonchev–Trinajstić information content (AvgIpc) is 2.81. The van der Waals surface area contributed by atoms with Gasteiger partial charge in [0, 0.05) is 18.2 Å². The van der Waals surface area contributed by atoms with Crippen LogP contribution in [0, 0.1) is 0 Å². The third kappa shape index (κ3) is 2.73. The summed E-state index contributed by atoms with van der Waals surface area (Å²) in [6.07, 6.45) is 0. The van der Waals surface area contributed by atoms with Gasteiger partial charge >= 0.3 is 5.97 Å². The minimum absolute atomic E-state index is 0.0948. The molecule has 1 heterocycles. The van der Waals surface area contributed by atoms with E-state index in [-0.39, 0.29) is 18.5 Å². The molecule has 2 rings (SSSR count). The van der Waals surface area contributed by atoms with Crippen molar-refractivity contribution in [2.45, 2.75) is 25.9 Å². The highest BCUT2D eigenvalue weighted by atomic mass is 16.7. The molecule has 0 unspecified atom stereocenters. The summed E-state index contributed by atoms with van der Waals surface area (Å²) >= 11 is 0. The number of ether oxygens (including phenoxy) is 3. The number of carbonyl (C=O) groups excluding carboxylic acids is 1. The quantitative estimate of drug-likeness (QED) is 0.797. The van der Waals surface area contributed by atoms with Crippen molar-refractivity contribution in [3.05, 3.63) is 17.7 Å².